The van der Waals surface area contributed by atoms with Crippen molar-refractivity contribution in [3.63, 3.8) is 0 Å². The molecular weight excluding hydrogens is 243 g/mol. The van der Waals surface area contributed by atoms with Gasteiger partial charge in [-0.15, -0.1) is 0 Å². The summed E-state index contributed by atoms with van der Waals surface area (Å²) in [4.78, 5) is 12.3. The van der Waals surface area contributed by atoms with Crippen molar-refractivity contribution in [1.29, 1.82) is 0 Å². The maximum absolute atomic E-state index is 13.3. The summed E-state index contributed by atoms with van der Waals surface area (Å²) < 4.78 is 13.3. The van der Waals surface area contributed by atoms with Gasteiger partial charge in [0, 0.05) is 5.69 Å². The Bertz CT molecular complexity index is 465. The van der Waals surface area contributed by atoms with Gasteiger partial charge < -0.3 is 10.6 Å². The van der Waals surface area contributed by atoms with Gasteiger partial charge in [-0.1, -0.05) is 13.8 Å². The number of amides is 1. The zero-order valence-corrected chi connectivity index (χ0v) is 11.7. The van der Waals surface area contributed by atoms with Crippen molar-refractivity contribution in [2.45, 2.75) is 39.7 Å². The molecule has 19 heavy (non-hydrogen) atoms. The van der Waals surface area contributed by atoms with Crippen LogP contribution in [0.1, 0.15) is 32.3 Å². The molecule has 0 saturated carbocycles. The number of halogens is 1. The molecule has 104 valence electrons. The average molecular weight is 264 g/mol. The molecule has 1 heterocycles. The summed E-state index contributed by atoms with van der Waals surface area (Å²) in [6, 6.07) is 4.33. The maximum atomic E-state index is 13.3. The molecule has 0 bridgehead atoms. The molecular formula is C15H21FN2O. The Labute approximate surface area is 113 Å². The summed E-state index contributed by atoms with van der Waals surface area (Å²) >= 11 is 0. The Morgan fingerprint density at radius 1 is 1.42 bits per heavy atom. The highest BCUT2D eigenvalue weighted by Crippen LogP contribution is 2.30. The zero-order valence-electron chi connectivity index (χ0n) is 11.7. The number of nitrogens with one attached hydrogen (secondary N) is 2. The second kappa shape index (κ2) is 5.29. The van der Waals surface area contributed by atoms with Crippen molar-refractivity contribution in [2.24, 2.45) is 5.41 Å². The number of anilines is 1. The van der Waals surface area contributed by atoms with E-state index < -0.39 is 0 Å². The van der Waals surface area contributed by atoms with Gasteiger partial charge in [0.15, 0.2) is 0 Å². The van der Waals surface area contributed by atoms with Crippen molar-refractivity contribution < 1.29 is 9.18 Å². The first-order valence-corrected chi connectivity index (χ1v) is 6.70. The molecule has 1 atom stereocenters. The van der Waals surface area contributed by atoms with Gasteiger partial charge in [-0.05, 0) is 55.5 Å². The van der Waals surface area contributed by atoms with Gasteiger partial charge >= 0.3 is 0 Å². The predicted octanol–water partition coefficient (Wildman–Crippen LogP) is 2.85. The van der Waals surface area contributed by atoms with E-state index in [2.05, 4.69) is 24.5 Å². The summed E-state index contributed by atoms with van der Waals surface area (Å²) in [5.41, 5.74) is 1.24. The van der Waals surface area contributed by atoms with Crippen molar-refractivity contribution >= 4 is 11.6 Å². The lowest BCUT2D eigenvalue weighted by Crippen LogP contribution is -2.53. The molecule has 2 N–H and O–H groups in total. The molecule has 0 aromatic heterocycles. The van der Waals surface area contributed by atoms with Crippen LogP contribution < -0.4 is 10.6 Å². The molecule has 1 aromatic carbocycles. The molecule has 0 radical (unpaired) electrons. The fraction of sp³-hybridized carbons (Fsp3) is 0.533. The van der Waals surface area contributed by atoms with Crippen LogP contribution in [0.4, 0.5) is 10.1 Å². The van der Waals surface area contributed by atoms with Crippen LogP contribution >= 0.6 is 0 Å². The van der Waals surface area contributed by atoms with Gasteiger partial charge in [-0.3, -0.25) is 4.79 Å². The van der Waals surface area contributed by atoms with Gasteiger partial charge in [0.05, 0.1) is 6.04 Å². The SMILES string of the molecule is Cc1cc(F)cc(NC(=O)C2NCCCC2(C)C)c1. The van der Waals surface area contributed by atoms with Gasteiger partial charge in [-0.2, -0.15) is 0 Å². The summed E-state index contributed by atoms with van der Waals surface area (Å²) in [5, 5.41) is 6.06. The molecule has 1 saturated heterocycles. The summed E-state index contributed by atoms with van der Waals surface area (Å²) in [5.74, 6) is -0.416. The van der Waals surface area contributed by atoms with Gasteiger partial charge in [0.1, 0.15) is 5.82 Å². The zero-order chi connectivity index (χ0) is 14.0. The second-order valence-electron chi connectivity index (χ2n) is 5.99. The van der Waals surface area contributed by atoms with Crippen molar-refractivity contribution in [3.8, 4) is 0 Å². The lowest BCUT2D eigenvalue weighted by Gasteiger charge is -2.38. The fourth-order valence-corrected chi connectivity index (χ4v) is 2.68. The molecule has 4 heteroatoms. The molecule has 0 spiro atoms. The quantitative estimate of drug-likeness (QED) is 0.862. The predicted molar refractivity (Wildman–Crippen MR) is 74.6 cm³/mol. The number of aryl methyl sites for hydroxylation is 1. The number of piperidine rings is 1. The topological polar surface area (TPSA) is 41.1 Å². The largest absolute Gasteiger partial charge is 0.325 e. The number of carbonyl (C=O) groups excluding carboxylic acids is 1. The highest BCUT2D eigenvalue weighted by Gasteiger charge is 2.37. The smallest absolute Gasteiger partial charge is 0.242 e. The summed E-state index contributed by atoms with van der Waals surface area (Å²) in [6.07, 6.45) is 2.09. The maximum Gasteiger partial charge on any atom is 0.242 e. The number of benzene rings is 1. The molecule has 1 amide bonds. The standard InChI is InChI=1S/C15H21FN2O/c1-10-7-11(16)9-12(8-10)18-14(19)13-15(2,3)5-4-6-17-13/h7-9,13,17H,4-6H2,1-3H3,(H,18,19). The minimum atomic E-state index is -0.328. The molecule has 1 aliphatic heterocycles. The van der Waals surface area contributed by atoms with Crippen LogP contribution in [0.3, 0.4) is 0 Å². The normalized spacial score (nSPS) is 22.0. The highest BCUT2D eigenvalue weighted by atomic mass is 19.1. The lowest BCUT2D eigenvalue weighted by molar-refractivity contribution is -0.121. The molecule has 1 aromatic rings. The third-order valence-electron chi connectivity index (χ3n) is 3.70. The van der Waals surface area contributed by atoms with Gasteiger partial charge in [0.25, 0.3) is 0 Å². The number of hydrogen-bond acceptors (Lipinski definition) is 2. The molecule has 0 aliphatic carbocycles. The monoisotopic (exact) mass is 264 g/mol. The third-order valence-corrected chi connectivity index (χ3v) is 3.70. The minimum absolute atomic E-state index is 0.0787. The number of carbonyl (C=O) groups is 1. The molecule has 1 fully saturated rings. The Morgan fingerprint density at radius 3 is 2.79 bits per heavy atom. The van der Waals surface area contributed by atoms with Crippen LogP contribution in [0, 0.1) is 18.2 Å². The van der Waals surface area contributed by atoms with Crippen LogP contribution in [0.5, 0.6) is 0 Å². The van der Waals surface area contributed by atoms with Gasteiger partial charge in [-0.25, -0.2) is 4.39 Å². The van der Waals surface area contributed by atoms with Crippen LogP contribution in [-0.2, 0) is 4.79 Å². The average Bonchev–Trinajstić information content (AvgIpc) is 2.26. The van der Waals surface area contributed by atoms with E-state index in [0.29, 0.717) is 5.69 Å². The summed E-state index contributed by atoms with van der Waals surface area (Å²) in [7, 11) is 0. The Balaban J connectivity index is 2.12. The van der Waals surface area contributed by atoms with E-state index in [1.807, 2.05) is 6.92 Å². The van der Waals surface area contributed by atoms with Crippen LogP contribution in [-0.4, -0.2) is 18.5 Å². The first kappa shape index (κ1) is 14.0. The fourth-order valence-electron chi connectivity index (χ4n) is 2.68. The highest BCUT2D eigenvalue weighted by molar-refractivity contribution is 5.95. The molecule has 1 aliphatic rings. The number of hydrogen-bond donors (Lipinski definition) is 2. The minimum Gasteiger partial charge on any atom is -0.325 e. The Hall–Kier alpha value is -1.42. The van der Waals surface area contributed by atoms with Crippen LogP contribution in [0.25, 0.3) is 0 Å². The molecule has 1 unspecified atom stereocenters. The van der Waals surface area contributed by atoms with Crippen LogP contribution in [0.2, 0.25) is 0 Å². The Kier molecular flexibility index (Phi) is 3.90. The van der Waals surface area contributed by atoms with Crippen molar-refractivity contribution in [2.75, 3.05) is 11.9 Å². The first-order valence-electron chi connectivity index (χ1n) is 6.70. The van der Waals surface area contributed by atoms with Crippen LogP contribution in [0.15, 0.2) is 18.2 Å². The third kappa shape index (κ3) is 3.32. The van der Waals surface area contributed by atoms with E-state index >= 15 is 0 Å². The van der Waals surface area contributed by atoms with E-state index in [9.17, 15) is 9.18 Å². The van der Waals surface area contributed by atoms with E-state index in [4.69, 9.17) is 0 Å². The first-order chi connectivity index (χ1) is 8.88. The van der Waals surface area contributed by atoms with E-state index in [1.54, 1.807) is 6.07 Å². The lowest BCUT2D eigenvalue weighted by atomic mass is 9.77. The molecule has 2 rings (SSSR count). The molecule has 3 nitrogen and oxygen atoms in total. The van der Waals surface area contributed by atoms with E-state index in [0.717, 1.165) is 24.9 Å². The van der Waals surface area contributed by atoms with E-state index in [-0.39, 0.29) is 23.2 Å². The summed E-state index contributed by atoms with van der Waals surface area (Å²) in [6.45, 7) is 6.83. The van der Waals surface area contributed by atoms with Crippen molar-refractivity contribution in [3.05, 3.63) is 29.6 Å². The Morgan fingerprint density at radius 2 is 2.16 bits per heavy atom. The second-order valence-corrected chi connectivity index (χ2v) is 5.99. The van der Waals surface area contributed by atoms with E-state index in [1.165, 1.54) is 12.1 Å². The van der Waals surface area contributed by atoms with Crippen molar-refractivity contribution in [1.82, 2.24) is 5.32 Å². The number of rotatable bonds is 2. The van der Waals surface area contributed by atoms with Gasteiger partial charge in [0.2, 0.25) is 5.91 Å².